The first kappa shape index (κ1) is 16.5. The summed E-state index contributed by atoms with van der Waals surface area (Å²) in [4.78, 5) is 23.7. The van der Waals surface area contributed by atoms with Gasteiger partial charge in [-0.1, -0.05) is 18.2 Å². The molecule has 0 radical (unpaired) electrons. The van der Waals surface area contributed by atoms with Crippen LogP contribution in [0.3, 0.4) is 0 Å². The summed E-state index contributed by atoms with van der Waals surface area (Å²) < 4.78 is 0.997. The van der Waals surface area contributed by atoms with Gasteiger partial charge in [-0.05, 0) is 40.5 Å². The minimum atomic E-state index is 0.0167. The van der Waals surface area contributed by atoms with Gasteiger partial charge in [-0.15, -0.1) is 0 Å². The number of aromatic nitrogens is 1. The van der Waals surface area contributed by atoms with Crippen LogP contribution in [-0.4, -0.2) is 54.6 Å². The van der Waals surface area contributed by atoms with E-state index in [1.807, 2.05) is 41.4 Å². The molecule has 2 aliphatic heterocycles. The van der Waals surface area contributed by atoms with E-state index in [4.69, 9.17) is 0 Å². The number of halogens is 1. The number of pyridine rings is 1. The van der Waals surface area contributed by atoms with Crippen molar-refractivity contribution < 1.29 is 4.79 Å². The zero-order valence-corrected chi connectivity index (χ0v) is 15.6. The predicted octanol–water partition coefficient (Wildman–Crippen LogP) is 2.77. The molecule has 0 N–H and O–H groups in total. The number of amides is 1. The molecular formula is C19H21BrN4O. The molecule has 0 spiro atoms. The van der Waals surface area contributed by atoms with Crippen LogP contribution in [-0.2, 0) is 4.79 Å². The summed E-state index contributed by atoms with van der Waals surface area (Å²) >= 11 is 3.48. The second-order valence-electron chi connectivity index (χ2n) is 6.51. The van der Waals surface area contributed by atoms with Crippen LogP contribution >= 0.6 is 15.9 Å². The highest BCUT2D eigenvalue weighted by Gasteiger charge is 2.37. The third-order valence-corrected chi connectivity index (χ3v) is 5.49. The topological polar surface area (TPSA) is 39.7 Å². The number of hydrogen-bond donors (Lipinski definition) is 0. The van der Waals surface area contributed by atoms with Gasteiger partial charge in [0.15, 0.2) is 0 Å². The standard InChI is InChI=1S/C19H21BrN4O/c20-15-12-17(14-21-13-15)22-8-10-23(11-9-22)18-6-7-24(19(18)25)16-4-2-1-3-5-16/h1-5,12-14,18H,6-11H2. The summed E-state index contributed by atoms with van der Waals surface area (Å²) in [5.74, 6) is 0.240. The van der Waals surface area contributed by atoms with Gasteiger partial charge in [0.25, 0.3) is 0 Å². The molecule has 1 unspecified atom stereocenters. The Morgan fingerprint density at radius 1 is 0.960 bits per heavy atom. The summed E-state index contributed by atoms with van der Waals surface area (Å²) in [5.41, 5.74) is 2.14. The van der Waals surface area contributed by atoms with Crippen molar-refractivity contribution in [1.82, 2.24) is 9.88 Å². The van der Waals surface area contributed by atoms with Gasteiger partial charge in [0.2, 0.25) is 5.91 Å². The summed E-state index contributed by atoms with van der Waals surface area (Å²) in [6.07, 6.45) is 4.61. The van der Waals surface area contributed by atoms with Crippen molar-refractivity contribution in [3.8, 4) is 0 Å². The number of hydrogen-bond acceptors (Lipinski definition) is 4. The Hall–Kier alpha value is -1.92. The highest BCUT2D eigenvalue weighted by molar-refractivity contribution is 9.10. The number of carbonyl (C=O) groups is 1. The lowest BCUT2D eigenvalue weighted by Crippen LogP contribution is -2.52. The quantitative estimate of drug-likeness (QED) is 0.793. The first-order valence-corrected chi connectivity index (χ1v) is 9.47. The molecule has 0 saturated carbocycles. The van der Waals surface area contributed by atoms with E-state index in [0.717, 1.165) is 55.0 Å². The molecular weight excluding hydrogens is 380 g/mol. The number of para-hydroxylation sites is 1. The van der Waals surface area contributed by atoms with Crippen molar-refractivity contribution in [3.63, 3.8) is 0 Å². The van der Waals surface area contributed by atoms with Crippen molar-refractivity contribution in [2.24, 2.45) is 0 Å². The largest absolute Gasteiger partial charge is 0.368 e. The molecule has 1 aromatic heterocycles. The molecule has 0 aliphatic carbocycles. The monoisotopic (exact) mass is 400 g/mol. The normalized spacial score (nSPS) is 21.8. The smallest absolute Gasteiger partial charge is 0.244 e. The average Bonchev–Trinajstić information content (AvgIpc) is 3.04. The third-order valence-electron chi connectivity index (χ3n) is 5.06. The van der Waals surface area contributed by atoms with Crippen molar-refractivity contribution >= 4 is 33.2 Å². The Morgan fingerprint density at radius 3 is 2.44 bits per heavy atom. The van der Waals surface area contributed by atoms with Crippen molar-refractivity contribution in [1.29, 1.82) is 0 Å². The zero-order chi connectivity index (χ0) is 17.2. The maximum absolute atomic E-state index is 12.9. The van der Waals surface area contributed by atoms with Gasteiger partial charge >= 0.3 is 0 Å². The van der Waals surface area contributed by atoms with Gasteiger partial charge in [-0.2, -0.15) is 0 Å². The summed E-state index contributed by atoms with van der Waals surface area (Å²) in [6, 6.07) is 12.1. The third kappa shape index (κ3) is 3.41. The number of carbonyl (C=O) groups excluding carboxylic acids is 1. The van der Waals surface area contributed by atoms with Crippen molar-refractivity contribution in [2.75, 3.05) is 42.5 Å². The number of piperazine rings is 1. The molecule has 2 aliphatic rings. The molecule has 25 heavy (non-hydrogen) atoms. The van der Waals surface area contributed by atoms with Crippen LogP contribution in [0.5, 0.6) is 0 Å². The number of nitrogens with zero attached hydrogens (tertiary/aromatic N) is 4. The minimum absolute atomic E-state index is 0.0167. The minimum Gasteiger partial charge on any atom is -0.368 e. The highest BCUT2D eigenvalue weighted by atomic mass is 79.9. The number of rotatable bonds is 3. The van der Waals surface area contributed by atoms with Crippen LogP contribution in [0.2, 0.25) is 0 Å². The van der Waals surface area contributed by atoms with E-state index in [9.17, 15) is 4.79 Å². The lowest BCUT2D eigenvalue weighted by Gasteiger charge is -2.38. The van der Waals surface area contributed by atoms with Crippen LogP contribution in [0.25, 0.3) is 0 Å². The van der Waals surface area contributed by atoms with Crippen LogP contribution in [0.1, 0.15) is 6.42 Å². The Kier molecular flexibility index (Phi) is 4.72. The van der Waals surface area contributed by atoms with E-state index in [1.165, 1.54) is 0 Å². The fourth-order valence-electron chi connectivity index (χ4n) is 3.73. The summed E-state index contributed by atoms with van der Waals surface area (Å²) in [5, 5.41) is 0. The molecule has 2 fully saturated rings. The van der Waals surface area contributed by atoms with Crippen molar-refractivity contribution in [2.45, 2.75) is 12.5 Å². The lowest BCUT2D eigenvalue weighted by molar-refractivity contribution is -0.121. The molecule has 130 valence electrons. The molecule has 0 bridgehead atoms. The lowest BCUT2D eigenvalue weighted by atomic mass is 10.1. The Labute approximate surface area is 156 Å². The highest BCUT2D eigenvalue weighted by Crippen LogP contribution is 2.26. The predicted molar refractivity (Wildman–Crippen MR) is 103 cm³/mol. The Balaban J connectivity index is 1.39. The van der Waals surface area contributed by atoms with Crippen LogP contribution < -0.4 is 9.80 Å². The average molecular weight is 401 g/mol. The van der Waals surface area contributed by atoms with E-state index in [1.54, 1.807) is 6.20 Å². The van der Waals surface area contributed by atoms with E-state index in [0.29, 0.717) is 0 Å². The molecule has 2 saturated heterocycles. The number of benzene rings is 1. The molecule has 1 amide bonds. The van der Waals surface area contributed by atoms with E-state index >= 15 is 0 Å². The molecule has 3 heterocycles. The maximum atomic E-state index is 12.9. The first-order valence-electron chi connectivity index (χ1n) is 8.68. The Bertz CT molecular complexity index is 746. The fraction of sp³-hybridized carbons (Fsp3) is 0.368. The summed E-state index contributed by atoms with van der Waals surface area (Å²) in [6.45, 7) is 4.47. The van der Waals surface area contributed by atoms with E-state index in [2.05, 4.69) is 36.8 Å². The molecule has 2 aromatic rings. The SMILES string of the molecule is O=C1C(N2CCN(c3cncc(Br)c3)CC2)CCN1c1ccccc1. The first-order chi connectivity index (χ1) is 12.2. The zero-order valence-electron chi connectivity index (χ0n) is 14.0. The molecule has 1 aromatic carbocycles. The van der Waals surface area contributed by atoms with Gasteiger partial charge in [0, 0.05) is 49.1 Å². The second-order valence-corrected chi connectivity index (χ2v) is 7.43. The summed E-state index contributed by atoms with van der Waals surface area (Å²) in [7, 11) is 0. The molecule has 6 heteroatoms. The van der Waals surface area contributed by atoms with Crippen LogP contribution in [0.15, 0.2) is 53.3 Å². The number of anilines is 2. The molecule has 4 rings (SSSR count). The van der Waals surface area contributed by atoms with Gasteiger partial charge in [0.05, 0.1) is 17.9 Å². The second kappa shape index (κ2) is 7.14. The van der Waals surface area contributed by atoms with E-state index in [-0.39, 0.29) is 11.9 Å². The Morgan fingerprint density at radius 2 is 1.72 bits per heavy atom. The van der Waals surface area contributed by atoms with E-state index < -0.39 is 0 Å². The van der Waals surface area contributed by atoms with Gasteiger partial charge in [0.1, 0.15) is 0 Å². The molecule has 5 nitrogen and oxygen atoms in total. The van der Waals surface area contributed by atoms with Gasteiger partial charge in [-0.3, -0.25) is 14.7 Å². The van der Waals surface area contributed by atoms with Crippen molar-refractivity contribution in [3.05, 3.63) is 53.3 Å². The van der Waals surface area contributed by atoms with Gasteiger partial charge < -0.3 is 9.80 Å². The van der Waals surface area contributed by atoms with Gasteiger partial charge in [-0.25, -0.2) is 0 Å². The maximum Gasteiger partial charge on any atom is 0.244 e. The van der Waals surface area contributed by atoms with Crippen LogP contribution in [0.4, 0.5) is 11.4 Å². The van der Waals surface area contributed by atoms with Crippen LogP contribution in [0, 0.1) is 0 Å². The molecule has 1 atom stereocenters. The fourth-order valence-corrected chi connectivity index (χ4v) is 4.09.